The molecule has 1 saturated heterocycles. The van der Waals surface area contributed by atoms with Crippen molar-refractivity contribution < 1.29 is 14.4 Å². The molecule has 3 amide bonds. The molecule has 5 rings (SSSR count). The Labute approximate surface area is 227 Å². The lowest BCUT2D eigenvalue weighted by Crippen LogP contribution is -2.50. The quantitative estimate of drug-likeness (QED) is 0.353. The van der Waals surface area contributed by atoms with E-state index in [2.05, 4.69) is 20.5 Å². The number of piperazine rings is 1. The molecule has 2 heterocycles. The minimum atomic E-state index is -0.256. The van der Waals surface area contributed by atoms with E-state index in [1.165, 1.54) is 0 Å². The van der Waals surface area contributed by atoms with E-state index in [-0.39, 0.29) is 17.7 Å². The highest BCUT2D eigenvalue weighted by Crippen LogP contribution is 2.22. The second-order valence-corrected chi connectivity index (χ2v) is 9.62. The van der Waals surface area contributed by atoms with Crippen LogP contribution < -0.4 is 10.6 Å². The van der Waals surface area contributed by atoms with Gasteiger partial charge in [0.15, 0.2) is 5.78 Å². The number of carbonyl (C=O) groups is 3. The van der Waals surface area contributed by atoms with Gasteiger partial charge in [0.2, 0.25) is 0 Å². The third-order valence-corrected chi connectivity index (χ3v) is 6.90. The van der Waals surface area contributed by atoms with E-state index >= 15 is 0 Å². The van der Waals surface area contributed by atoms with E-state index in [1.54, 1.807) is 36.4 Å². The van der Waals surface area contributed by atoms with Gasteiger partial charge in [0, 0.05) is 67.0 Å². The summed E-state index contributed by atoms with van der Waals surface area (Å²) in [7, 11) is 0. The van der Waals surface area contributed by atoms with Gasteiger partial charge in [0.05, 0.1) is 11.2 Å². The summed E-state index contributed by atoms with van der Waals surface area (Å²) >= 11 is 0. The topological polar surface area (TPSA) is 94.6 Å². The first-order valence-electron chi connectivity index (χ1n) is 13.1. The van der Waals surface area contributed by atoms with Crippen LogP contribution in [0, 0.1) is 6.92 Å². The van der Waals surface area contributed by atoms with Crippen LogP contribution in [0.5, 0.6) is 0 Å². The number of hydrogen-bond acceptors (Lipinski definition) is 5. The number of pyridine rings is 1. The molecule has 1 aromatic heterocycles. The minimum absolute atomic E-state index is 0.0364. The van der Waals surface area contributed by atoms with Crippen molar-refractivity contribution in [2.75, 3.05) is 44.6 Å². The lowest BCUT2D eigenvalue weighted by atomic mass is 10.0. The number of amides is 3. The second kappa shape index (κ2) is 11.9. The minimum Gasteiger partial charge on any atom is -0.337 e. The van der Waals surface area contributed by atoms with Gasteiger partial charge in [-0.15, -0.1) is 0 Å². The van der Waals surface area contributed by atoms with Gasteiger partial charge in [-0.25, -0.2) is 4.79 Å². The average molecular weight is 522 g/mol. The van der Waals surface area contributed by atoms with Crippen molar-refractivity contribution in [3.63, 3.8) is 0 Å². The van der Waals surface area contributed by atoms with Crippen molar-refractivity contribution in [2.45, 2.75) is 6.92 Å². The largest absolute Gasteiger partial charge is 0.337 e. The highest BCUT2D eigenvalue weighted by molar-refractivity contribution is 6.09. The van der Waals surface area contributed by atoms with Crippen LogP contribution in [-0.2, 0) is 0 Å². The number of nitrogens with zero attached hydrogens (tertiary/aromatic N) is 3. The Morgan fingerprint density at radius 3 is 2.18 bits per heavy atom. The van der Waals surface area contributed by atoms with Crippen LogP contribution in [0.4, 0.5) is 10.5 Å². The molecule has 39 heavy (non-hydrogen) atoms. The van der Waals surface area contributed by atoms with E-state index in [0.29, 0.717) is 42.9 Å². The maximum Gasteiger partial charge on any atom is 0.319 e. The van der Waals surface area contributed by atoms with Crippen LogP contribution >= 0.6 is 0 Å². The number of aryl methyl sites for hydroxylation is 1. The van der Waals surface area contributed by atoms with Gasteiger partial charge in [0.1, 0.15) is 0 Å². The van der Waals surface area contributed by atoms with E-state index in [1.807, 2.05) is 60.4 Å². The lowest BCUT2D eigenvalue weighted by molar-refractivity contribution is 0.0639. The molecular weight excluding hydrogens is 490 g/mol. The Kier molecular flexibility index (Phi) is 7.94. The number of nitrogens with one attached hydrogen (secondary N) is 2. The second-order valence-electron chi connectivity index (χ2n) is 9.62. The Hall–Kier alpha value is -4.56. The smallest absolute Gasteiger partial charge is 0.319 e. The van der Waals surface area contributed by atoms with Crippen LogP contribution in [0.25, 0.3) is 10.9 Å². The summed E-state index contributed by atoms with van der Waals surface area (Å²) in [5.74, 6) is -0.0968. The fourth-order valence-electron chi connectivity index (χ4n) is 4.78. The summed E-state index contributed by atoms with van der Waals surface area (Å²) < 4.78 is 0. The molecule has 0 saturated carbocycles. The van der Waals surface area contributed by atoms with Gasteiger partial charge < -0.3 is 15.5 Å². The number of benzene rings is 3. The number of fused-ring (bicyclic) bond motifs is 1. The van der Waals surface area contributed by atoms with Crippen molar-refractivity contribution in [1.82, 2.24) is 20.1 Å². The Bertz CT molecular complexity index is 1480. The van der Waals surface area contributed by atoms with E-state index in [9.17, 15) is 14.4 Å². The SMILES string of the molecule is Cc1cc(NC(=O)NCCN2CCN(C(=O)c3ccc(C(=O)c4ccccc4)cc3)CC2)c2ccccc2n1. The summed E-state index contributed by atoms with van der Waals surface area (Å²) in [6, 6.07) is 25.3. The number of carbonyl (C=O) groups excluding carboxylic acids is 3. The van der Waals surface area contributed by atoms with Gasteiger partial charge in [-0.3, -0.25) is 19.5 Å². The number of hydrogen-bond donors (Lipinski definition) is 2. The van der Waals surface area contributed by atoms with E-state index in [4.69, 9.17) is 0 Å². The molecule has 0 unspecified atom stereocenters. The fourth-order valence-corrected chi connectivity index (χ4v) is 4.78. The highest BCUT2D eigenvalue weighted by Gasteiger charge is 2.22. The van der Waals surface area contributed by atoms with Gasteiger partial charge in [-0.2, -0.15) is 0 Å². The van der Waals surface area contributed by atoms with Gasteiger partial charge in [0.25, 0.3) is 5.91 Å². The molecule has 1 aliphatic rings. The van der Waals surface area contributed by atoms with Crippen LogP contribution in [0.15, 0.2) is 84.9 Å². The fraction of sp³-hybridized carbons (Fsp3) is 0.226. The average Bonchev–Trinajstić information content (AvgIpc) is 2.97. The number of aromatic nitrogens is 1. The lowest BCUT2D eigenvalue weighted by Gasteiger charge is -2.34. The molecule has 0 aliphatic carbocycles. The summed E-state index contributed by atoms with van der Waals surface area (Å²) in [6.45, 7) is 5.78. The molecule has 0 atom stereocenters. The van der Waals surface area contributed by atoms with Crippen LogP contribution in [0.1, 0.15) is 32.0 Å². The first kappa shape index (κ1) is 26.1. The zero-order valence-electron chi connectivity index (χ0n) is 21.9. The predicted molar refractivity (Wildman–Crippen MR) is 152 cm³/mol. The normalized spacial score (nSPS) is 13.7. The number of anilines is 1. The first-order chi connectivity index (χ1) is 19.0. The standard InChI is InChI=1S/C31H31N5O3/c1-22-21-28(26-9-5-6-10-27(26)33-22)34-31(39)32-15-16-35-17-19-36(20-18-35)30(38)25-13-11-24(12-14-25)29(37)23-7-3-2-4-8-23/h2-14,21H,15-20H2,1H3,(H2,32,33,34,39). The van der Waals surface area contributed by atoms with Gasteiger partial charge in [-0.1, -0.05) is 60.7 Å². The summed E-state index contributed by atoms with van der Waals surface area (Å²) in [5.41, 5.74) is 4.18. The first-order valence-corrected chi connectivity index (χ1v) is 13.1. The molecular formula is C31H31N5O3. The molecule has 4 aromatic rings. The number of para-hydroxylation sites is 1. The molecule has 8 nitrogen and oxygen atoms in total. The Morgan fingerprint density at radius 1 is 0.795 bits per heavy atom. The van der Waals surface area contributed by atoms with Crippen molar-refractivity contribution in [3.05, 3.63) is 107 Å². The number of urea groups is 1. The van der Waals surface area contributed by atoms with Crippen LogP contribution in [0.2, 0.25) is 0 Å². The Morgan fingerprint density at radius 2 is 1.44 bits per heavy atom. The summed E-state index contributed by atoms with van der Waals surface area (Å²) in [5, 5.41) is 6.77. The molecule has 0 radical (unpaired) electrons. The summed E-state index contributed by atoms with van der Waals surface area (Å²) in [4.78, 5) is 46.7. The maximum atomic E-state index is 13.0. The molecule has 2 N–H and O–H groups in total. The number of rotatable bonds is 7. The van der Waals surface area contributed by atoms with Crippen molar-refractivity contribution >= 4 is 34.3 Å². The molecule has 0 bridgehead atoms. The third-order valence-electron chi connectivity index (χ3n) is 6.90. The van der Waals surface area contributed by atoms with Crippen molar-refractivity contribution in [2.24, 2.45) is 0 Å². The Balaban J connectivity index is 1.07. The molecule has 8 heteroatoms. The predicted octanol–water partition coefficient (Wildman–Crippen LogP) is 4.35. The zero-order chi connectivity index (χ0) is 27.2. The van der Waals surface area contributed by atoms with E-state index < -0.39 is 0 Å². The van der Waals surface area contributed by atoms with Crippen molar-refractivity contribution in [3.8, 4) is 0 Å². The van der Waals surface area contributed by atoms with Gasteiger partial charge in [-0.05, 0) is 31.2 Å². The zero-order valence-corrected chi connectivity index (χ0v) is 21.9. The highest BCUT2D eigenvalue weighted by atomic mass is 16.2. The number of ketones is 1. The molecule has 198 valence electrons. The molecule has 0 spiro atoms. The van der Waals surface area contributed by atoms with Crippen LogP contribution in [-0.4, -0.2) is 71.8 Å². The molecule has 3 aromatic carbocycles. The molecule has 1 fully saturated rings. The third kappa shape index (κ3) is 6.30. The molecule has 1 aliphatic heterocycles. The van der Waals surface area contributed by atoms with Crippen molar-refractivity contribution in [1.29, 1.82) is 0 Å². The van der Waals surface area contributed by atoms with Gasteiger partial charge >= 0.3 is 6.03 Å². The maximum absolute atomic E-state index is 13.0. The van der Waals surface area contributed by atoms with Crippen LogP contribution in [0.3, 0.4) is 0 Å². The summed E-state index contributed by atoms with van der Waals surface area (Å²) in [6.07, 6.45) is 0. The monoisotopic (exact) mass is 521 g/mol. The van der Waals surface area contributed by atoms with E-state index in [0.717, 1.165) is 35.4 Å².